The van der Waals surface area contributed by atoms with Crippen LogP contribution in [-0.4, -0.2) is 82.4 Å². The fourth-order valence-electron chi connectivity index (χ4n) is 4.55. The quantitative estimate of drug-likeness (QED) is 0.381. The van der Waals surface area contributed by atoms with Crippen molar-refractivity contribution >= 4 is 11.5 Å². The summed E-state index contributed by atoms with van der Waals surface area (Å²) < 4.78 is 16.8. The molecule has 9 heteroatoms. The van der Waals surface area contributed by atoms with E-state index in [-0.39, 0.29) is 11.5 Å². The summed E-state index contributed by atoms with van der Waals surface area (Å²) in [5.41, 5.74) is 2.46. The van der Waals surface area contributed by atoms with E-state index in [4.69, 9.17) is 14.2 Å². The predicted octanol–water partition coefficient (Wildman–Crippen LogP) is 1.13. The van der Waals surface area contributed by atoms with E-state index in [1.807, 2.05) is 0 Å². The number of fused-ring (bicyclic) bond motifs is 1. The molecule has 180 valence electrons. The first kappa shape index (κ1) is 25.0. The molecule has 0 aromatic heterocycles. The highest BCUT2D eigenvalue weighted by molar-refractivity contribution is 6.31. The van der Waals surface area contributed by atoms with Gasteiger partial charge in [-0.1, -0.05) is 31.8 Å². The van der Waals surface area contributed by atoms with Crippen molar-refractivity contribution in [2.45, 2.75) is 95.6 Å². The van der Waals surface area contributed by atoms with Crippen LogP contribution >= 0.6 is 0 Å². The van der Waals surface area contributed by atoms with Crippen molar-refractivity contribution in [3.05, 3.63) is 22.6 Å². The van der Waals surface area contributed by atoms with Crippen molar-refractivity contribution in [2.24, 2.45) is 4.99 Å². The van der Waals surface area contributed by atoms with Crippen LogP contribution in [-0.2, 0) is 19.0 Å². The van der Waals surface area contributed by atoms with E-state index in [2.05, 4.69) is 11.9 Å². The van der Waals surface area contributed by atoms with Gasteiger partial charge in [0.1, 0.15) is 30.5 Å². The molecular formula is C23H35NO8. The summed E-state index contributed by atoms with van der Waals surface area (Å²) in [4.78, 5) is 17.8. The largest absolute Gasteiger partial charge is 0.491 e. The van der Waals surface area contributed by atoms with Gasteiger partial charge in [-0.2, -0.15) is 0 Å². The highest BCUT2D eigenvalue weighted by atomic mass is 16.7. The van der Waals surface area contributed by atoms with Gasteiger partial charge in [0.15, 0.2) is 12.0 Å². The number of methoxy groups -OCH3 is 1. The number of rotatable bonds is 9. The molecule has 0 aromatic carbocycles. The van der Waals surface area contributed by atoms with Crippen LogP contribution in [0.2, 0.25) is 0 Å². The number of carbonyl (C=O) groups excluding carboxylic acids is 1. The molecule has 2 aliphatic heterocycles. The maximum Gasteiger partial charge on any atom is 0.231 e. The molecule has 0 spiro atoms. The second-order valence-corrected chi connectivity index (χ2v) is 8.59. The van der Waals surface area contributed by atoms with Gasteiger partial charge in [-0.05, 0) is 32.6 Å². The van der Waals surface area contributed by atoms with Crippen molar-refractivity contribution in [1.82, 2.24) is 0 Å². The second kappa shape index (κ2) is 11.0. The van der Waals surface area contributed by atoms with E-state index in [1.165, 1.54) is 7.11 Å². The molecule has 1 saturated heterocycles. The summed E-state index contributed by atoms with van der Waals surface area (Å²) in [6.45, 7) is 3.30. The number of carbonyl (C=O) groups is 1. The number of nitrogens with zero attached hydrogens (tertiary/aromatic N) is 1. The molecule has 0 bridgehead atoms. The Morgan fingerprint density at radius 2 is 1.88 bits per heavy atom. The lowest BCUT2D eigenvalue weighted by molar-refractivity contribution is -0.306. The Balaban J connectivity index is 1.87. The van der Waals surface area contributed by atoms with Crippen LogP contribution in [0.5, 0.6) is 0 Å². The van der Waals surface area contributed by atoms with Gasteiger partial charge in [0.25, 0.3) is 0 Å². The Morgan fingerprint density at radius 1 is 1.12 bits per heavy atom. The Labute approximate surface area is 188 Å². The average molecular weight is 454 g/mol. The number of aliphatic hydroxyl groups excluding tert-OH is 4. The molecule has 3 rings (SSSR count). The third kappa shape index (κ3) is 4.98. The Kier molecular flexibility index (Phi) is 8.60. The summed E-state index contributed by atoms with van der Waals surface area (Å²) in [6, 6.07) is 0. The van der Waals surface area contributed by atoms with Gasteiger partial charge < -0.3 is 34.6 Å². The van der Waals surface area contributed by atoms with Crippen LogP contribution in [0, 0.1) is 0 Å². The van der Waals surface area contributed by atoms with E-state index in [9.17, 15) is 25.2 Å². The molecule has 0 saturated carbocycles. The average Bonchev–Trinajstić information content (AvgIpc) is 2.78. The van der Waals surface area contributed by atoms with Crippen LogP contribution in [0.1, 0.15) is 58.8 Å². The SMILES string of the molecule is CCCCCCC1=C2C(=O)C(OC)=C(C)N=C2C(OC2OC(CO)C(O)C(O)C2O)CC1. The zero-order valence-corrected chi connectivity index (χ0v) is 19.0. The standard InChI is InChI=1S/C23H35NO8/c1-4-5-6-7-8-13-9-10-14(17-16(13)19(27)22(30-3)12(2)24-17)31-23-21(29)20(28)18(26)15(11-25)32-23/h14-15,18,20-21,23,25-26,28-29H,4-11H2,1-3H3. The van der Waals surface area contributed by atoms with Gasteiger partial charge >= 0.3 is 0 Å². The molecule has 4 N–H and O–H groups in total. The number of ketones is 1. The molecule has 3 aliphatic rings. The molecule has 2 heterocycles. The first-order valence-electron chi connectivity index (χ1n) is 11.4. The second-order valence-electron chi connectivity index (χ2n) is 8.59. The minimum absolute atomic E-state index is 0.211. The fraction of sp³-hybridized carbons (Fsp3) is 0.739. The number of aliphatic imine (C=N–C) groups is 1. The normalized spacial score (nSPS) is 33.3. The molecule has 1 fully saturated rings. The molecule has 1 aliphatic carbocycles. The van der Waals surface area contributed by atoms with Gasteiger partial charge in [-0.3, -0.25) is 9.79 Å². The lowest BCUT2D eigenvalue weighted by atomic mass is 9.81. The number of allylic oxidation sites excluding steroid dienone is 3. The van der Waals surface area contributed by atoms with Crippen molar-refractivity contribution in [3.63, 3.8) is 0 Å². The first-order valence-corrected chi connectivity index (χ1v) is 11.4. The zero-order chi connectivity index (χ0) is 23.4. The Bertz CT molecular complexity index is 787. The molecule has 0 aromatic rings. The highest BCUT2D eigenvalue weighted by Gasteiger charge is 2.46. The molecule has 9 nitrogen and oxygen atoms in total. The van der Waals surface area contributed by atoms with Crippen molar-refractivity contribution in [1.29, 1.82) is 0 Å². The third-order valence-electron chi connectivity index (χ3n) is 6.36. The number of hydrogen-bond acceptors (Lipinski definition) is 9. The molecule has 6 unspecified atom stereocenters. The number of ether oxygens (including phenoxy) is 3. The summed E-state index contributed by atoms with van der Waals surface area (Å²) in [5, 5.41) is 39.9. The minimum Gasteiger partial charge on any atom is -0.491 e. The summed E-state index contributed by atoms with van der Waals surface area (Å²) in [5.74, 6) is -0.00843. The Hall–Kier alpha value is -1.62. The molecule has 6 atom stereocenters. The fourth-order valence-corrected chi connectivity index (χ4v) is 4.55. The summed E-state index contributed by atoms with van der Waals surface area (Å²) in [6.07, 6.45) is -1.21. The molecule has 0 amide bonds. The maximum atomic E-state index is 13.2. The lowest BCUT2D eigenvalue weighted by Crippen LogP contribution is -2.60. The summed E-state index contributed by atoms with van der Waals surface area (Å²) in [7, 11) is 1.45. The smallest absolute Gasteiger partial charge is 0.231 e. The number of aliphatic hydroxyl groups is 4. The van der Waals surface area contributed by atoms with Gasteiger partial charge in [0, 0.05) is 5.57 Å². The van der Waals surface area contributed by atoms with Crippen molar-refractivity contribution in [2.75, 3.05) is 13.7 Å². The van der Waals surface area contributed by atoms with Crippen LogP contribution in [0.4, 0.5) is 0 Å². The first-order chi connectivity index (χ1) is 15.3. The third-order valence-corrected chi connectivity index (χ3v) is 6.36. The number of unbranched alkanes of at least 4 members (excludes halogenated alkanes) is 3. The van der Waals surface area contributed by atoms with E-state index >= 15 is 0 Å². The van der Waals surface area contributed by atoms with E-state index in [0.717, 1.165) is 37.7 Å². The number of Topliss-reactive ketones (excluding diaryl/α,β-unsaturated/α-hetero) is 1. The highest BCUT2D eigenvalue weighted by Crippen LogP contribution is 2.36. The summed E-state index contributed by atoms with van der Waals surface area (Å²) >= 11 is 0. The number of hydrogen-bond donors (Lipinski definition) is 4. The molecule has 32 heavy (non-hydrogen) atoms. The van der Waals surface area contributed by atoms with Crippen molar-refractivity contribution in [3.8, 4) is 0 Å². The van der Waals surface area contributed by atoms with E-state index < -0.39 is 43.4 Å². The van der Waals surface area contributed by atoms with Gasteiger partial charge in [0.2, 0.25) is 5.78 Å². The van der Waals surface area contributed by atoms with Gasteiger partial charge in [-0.25, -0.2) is 0 Å². The lowest BCUT2D eigenvalue weighted by Gasteiger charge is -2.42. The molecular weight excluding hydrogens is 418 g/mol. The van der Waals surface area contributed by atoms with Gasteiger partial charge in [0.05, 0.1) is 25.1 Å². The van der Waals surface area contributed by atoms with Crippen LogP contribution in [0.3, 0.4) is 0 Å². The maximum absolute atomic E-state index is 13.2. The minimum atomic E-state index is -1.53. The monoisotopic (exact) mass is 453 g/mol. The van der Waals surface area contributed by atoms with Crippen LogP contribution in [0.15, 0.2) is 27.6 Å². The Morgan fingerprint density at radius 3 is 2.53 bits per heavy atom. The zero-order valence-electron chi connectivity index (χ0n) is 19.0. The molecule has 0 radical (unpaired) electrons. The van der Waals surface area contributed by atoms with Gasteiger partial charge in [-0.15, -0.1) is 0 Å². The topological polar surface area (TPSA) is 138 Å². The van der Waals surface area contributed by atoms with Crippen molar-refractivity contribution < 1.29 is 39.4 Å². The van der Waals surface area contributed by atoms with E-state index in [0.29, 0.717) is 29.8 Å². The van der Waals surface area contributed by atoms with Crippen LogP contribution in [0.25, 0.3) is 0 Å². The predicted molar refractivity (Wildman–Crippen MR) is 116 cm³/mol. The van der Waals surface area contributed by atoms with E-state index in [1.54, 1.807) is 6.92 Å². The van der Waals surface area contributed by atoms with Crippen LogP contribution < -0.4 is 0 Å².